The Morgan fingerprint density at radius 3 is 2.60 bits per heavy atom. The fourth-order valence-corrected chi connectivity index (χ4v) is 2.03. The number of aryl methyl sites for hydroxylation is 1. The molecule has 2 nitrogen and oxygen atoms in total. The minimum absolute atomic E-state index is 0.0243. The maximum atomic E-state index is 5.96. The standard InChI is InChI=1S/C18H21NO/c1-14-10-11-17(15(2)19)18(13-14)20-12-6-9-16-7-4-3-5-8-16/h3-11,13,15H,12,19H2,1-2H3/t15-/m0/s1. The van der Waals surface area contributed by atoms with E-state index in [1.165, 1.54) is 11.1 Å². The third-order valence-electron chi connectivity index (χ3n) is 3.10. The van der Waals surface area contributed by atoms with Gasteiger partial charge in [-0.2, -0.15) is 0 Å². The molecule has 1 atom stereocenters. The predicted octanol–water partition coefficient (Wildman–Crippen LogP) is 4.11. The average Bonchev–Trinajstić information content (AvgIpc) is 2.44. The molecule has 0 aliphatic rings. The molecule has 2 aromatic carbocycles. The van der Waals surface area contributed by atoms with Gasteiger partial charge in [0.15, 0.2) is 0 Å². The molecule has 0 amide bonds. The van der Waals surface area contributed by atoms with Crippen LogP contribution in [0, 0.1) is 6.92 Å². The molecular weight excluding hydrogens is 246 g/mol. The van der Waals surface area contributed by atoms with Crippen LogP contribution in [-0.2, 0) is 0 Å². The van der Waals surface area contributed by atoms with Gasteiger partial charge in [0.2, 0.25) is 0 Å². The second-order valence-electron chi connectivity index (χ2n) is 4.95. The summed E-state index contributed by atoms with van der Waals surface area (Å²) < 4.78 is 5.83. The Balaban J connectivity index is 2.00. The summed E-state index contributed by atoms with van der Waals surface area (Å²) in [5.74, 6) is 0.873. The van der Waals surface area contributed by atoms with Gasteiger partial charge in [0, 0.05) is 11.6 Å². The highest BCUT2D eigenvalue weighted by atomic mass is 16.5. The fourth-order valence-electron chi connectivity index (χ4n) is 2.03. The highest BCUT2D eigenvalue weighted by Crippen LogP contribution is 2.25. The topological polar surface area (TPSA) is 35.2 Å². The van der Waals surface area contributed by atoms with Crippen LogP contribution in [0.5, 0.6) is 5.75 Å². The second kappa shape index (κ2) is 6.92. The highest BCUT2D eigenvalue weighted by Gasteiger charge is 2.07. The van der Waals surface area contributed by atoms with Crippen molar-refractivity contribution in [3.05, 3.63) is 71.3 Å². The van der Waals surface area contributed by atoms with E-state index in [1.807, 2.05) is 43.3 Å². The number of hydrogen-bond donors (Lipinski definition) is 1. The summed E-state index contributed by atoms with van der Waals surface area (Å²) >= 11 is 0. The zero-order valence-corrected chi connectivity index (χ0v) is 12.0. The molecule has 20 heavy (non-hydrogen) atoms. The van der Waals surface area contributed by atoms with E-state index in [9.17, 15) is 0 Å². The van der Waals surface area contributed by atoms with Crippen LogP contribution in [-0.4, -0.2) is 6.61 Å². The quantitative estimate of drug-likeness (QED) is 0.885. The average molecular weight is 267 g/mol. The van der Waals surface area contributed by atoms with Crippen LogP contribution in [0.4, 0.5) is 0 Å². The van der Waals surface area contributed by atoms with E-state index in [1.54, 1.807) is 0 Å². The lowest BCUT2D eigenvalue weighted by molar-refractivity contribution is 0.357. The molecule has 2 heteroatoms. The molecular formula is C18H21NO. The Bertz CT molecular complexity index is 573. The number of hydrogen-bond acceptors (Lipinski definition) is 2. The first-order valence-electron chi connectivity index (χ1n) is 6.87. The summed E-state index contributed by atoms with van der Waals surface area (Å²) in [6.07, 6.45) is 4.07. The molecule has 0 saturated carbocycles. The van der Waals surface area contributed by atoms with Gasteiger partial charge in [0.25, 0.3) is 0 Å². The minimum Gasteiger partial charge on any atom is -0.489 e. The van der Waals surface area contributed by atoms with Crippen LogP contribution in [0.25, 0.3) is 6.08 Å². The summed E-state index contributed by atoms with van der Waals surface area (Å²) in [6.45, 7) is 4.56. The molecule has 0 radical (unpaired) electrons. The Kier molecular flexibility index (Phi) is 4.97. The molecule has 0 heterocycles. The van der Waals surface area contributed by atoms with Crippen LogP contribution in [0.15, 0.2) is 54.6 Å². The van der Waals surface area contributed by atoms with Gasteiger partial charge in [-0.1, -0.05) is 48.5 Å². The molecule has 0 aromatic heterocycles. The predicted molar refractivity (Wildman–Crippen MR) is 84.8 cm³/mol. The molecule has 0 bridgehead atoms. The van der Waals surface area contributed by atoms with Crippen LogP contribution in [0.3, 0.4) is 0 Å². The smallest absolute Gasteiger partial charge is 0.124 e. The monoisotopic (exact) mass is 267 g/mol. The zero-order valence-electron chi connectivity index (χ0n) is 12.0. The first kappa shape index (κ1) is 14.4. The van der Waals surface area contributed by atoms with Gasteiger partial charge in [-0.15, -0.1) is 0 Å². The van der Waals surface area contributed by atoms with Crippen molar-refractivity contribution in [3.63, 3.8) is 0 Å². The van der Waals surface area contributed by atoms with Crippen molar-refractivity contribution < 1.29 is 4.74 Å². The van der Waals surface area contributed by atoms with E-state index >= 15 is 0 Å². The molecule has 2 N–H and O–H groups in total. The van der Waals surface area contributed by atoms with Gasteiger partial charge in [0.05, 0.1) is 0 Å². The van der Waals surface area contributed by atoms with Crippen LogP contribution >= 0.6 is 0 Å². The van der Waals surface area contributed by atoms with Crippen LogP contribution in [0.1, 0.15) is 29.7 Å². The van der Waals surface area contributed by atoms with Gasteiger partial charge in [0.1, 0.15) is 12.4 Å². The summed E-state index contributed by atoms with van der Waals surface area (Å²) in [6, 6.07) is 16.3. The number of ether oxygens (including phenoxy) is 1. The molecule has 0 fully saturated rings. The zero-order chi connectivity index (χ0) is 14.4. The summed E-state index contributed by atoms with van der Waals surface area (Å²) in [5, 5.41) is 0. The van der Waals surface area contributed by atoms with Crippen molar-refractivity contribution in [1.29, 1.82) is 0 Å². The fraction of sp³-hybridized carbons (Fsp3) is 0.222. The van der Waals surface area contributed by atoms with E-state index in [4.69, 9.17) is 10.5 Å². The molecule has 0 aliphatic heterocycles. The lowest BCUT2D eigenvalue weighted by Crippen LogP contribution is -2.08. The third kappa shape index (κ3) is 3.97. The SMILES string of the molecule is Cc1ccc([C@H](C)N)c(OCC=Cc2ccccc2)c1. The van der Waals surface area contributed by atoms with E-state index in [-0.39, 0.29) is 6.04 Å². The largest absolute Gasteiger partial charge is 0.489 e. The molecule has 0 spiro atoms. The Hall–Kier alpha value is -2.06. The van der Waals surface area contributed by atoms with E-state index in [0.29, 0.717) is 6.61 Å². The highest BCUT2D eigenvalue weighted by molar-refractivity contribution is 5.49. The normalized spacial score (nSPS) is 12.6. The molecule has 0 aliphatic carbocycles. The molecule has 104 valence electrons. The van der Waals surface area contributed by atoms with Crippen molar-refractivity contribution >= 4 is 6.08 Å². The number of rotatable bonds is 5. The van der Waals surface area contributed by atoms with Gasteiger partial charge < -0.3 is 10.5 Å². The van der Waals surface area contributed by atoms with Crippen molar-refractivity contribution in [1.82, 2.24) is 0 Å². The number of benzene rings is 2. The maximum absolute atomic E-state index is 5.96. The minimum atomic E-state index is -0.0243. The Labute approximate surface area is 120 Å². The lowest BCUT2D eigenvalue weighted by Gasteiger charge is -2.13. The lowest BCUT2D eigenvalue weighted by atomic mass is 10.1. The van der Waals surface area contributed by atoms with Crippen molar-refractivity contribution in [2.45, 2.75) is 19.9 Å². The summed E-state index contributed by atoms with van der Waals surface area (Å²) in [5.41, 5.74) is 9.36. The van der Waals surface area contributed by atoms with Gasteiger partial charge >= 0.3 is 0 Å². The summed E-state index contributed by atoms with van der Waals surface area (Å²) in [4.78, 5) is 0. The van der Waals surface area contributed by atoms with Crippen molar-refractivity contribution in [2.24, 2.45) is 5.73 Å². The number of nitrogens with two attached hydrogens (primary N) is 1. The molecule has 2 rings (SSSR count). The summed E-state index contributed by atoms with van der Waals surface area (Å²) in [7, 11) is 0. The van der Waals surface area contributed by atoms with Crippen LogP contribution in [0.2, 0.25) is 0 Å². The van der Waals surface area contributed by atoms with Gasteiger partial charge in [-0.25, -0.2) is 0 Å². The third-order valence-corrected chi connectivity index (χ3v) is 3.10. The van der Waals surface area contributed by atoms with E-state index in [0.717, 1.165) is 11.3 Å². The molecule has 0 saturated heterocycles. The molecule has 0 unspecified atom stereocenters. The van der Waals surface area contributed by atoms with E-state index in [2.05, 4.69) is 31.2 Å². The van der Waals surface area contributed by atoms with Gasteiger partial charge in [-0.05, 0) is 37.1 Å². The Morgan fingerprint density at radius 2 is 1.90 bits per heavy atom. The van der Waals surface area contributed by atoms with Crippen LogP contribution < -0.4 is 10.5 Å². The molecule has 2 aromatic rings. The van der Waals surface area contributed by atoms with Crippen molar-refractivity contribution in [3.8, 4) is 5.75 Å². The maximum Gasteiger partial charge on any atom is 0.124 e. The first-order chi connectivity index (χ1) is 9.66. The van der Waals surface area contributed by atoms with Crippen molar-refractivity contribution in [2.75, 3.05) is 6.61 Å². The first-order valence-corrected chi connectivity index (χ1v) is 6.87. The van der Waals surface area contributed by atoms with Gasteiger partial charge in [-0.3, -0.25) is 0 Å². The second-order valence-corrected chi connectivity index (χ2v) is 4.95. The Morgan fingerprint density at radius 1 is 1.15 bits per heavy atom. The van der Waals surface area contributed by atoms with E-state index < -0.39 is 0 Å².